The molecule has 106 valence electrons. The average Bonchev–Trinajstić information content (AvgIpc) is 2.44. The monoisotopic (exact) mass is 281 g/mol. The first-order valence-electron chi connectivity index (χ1n) is 6.00. The van der Waals surface area contributed by atoms with Gasteiger partial charge in [-0.3, -0.25) is 0 Å². The van der Waals surface area contributed by atoms with Gasteiger partial charge in [-0.2, -0.15) is 0 Å². The van der Waals surface area contributed by atoms with Crippen molar-refractivity contribution in [2.75, 3.05) is 19.0 Å². The highest BCUT2D eigenvalue weighted by Gasteiger charge is 2.20. The molecule has 20 heavy (non-hydrogen) atoms. The second-order valence-corrected chi connectivity index (χ2v) is 4.65. The van der Waals surface area contributed by atoms with Crippen LogP contribution in [0.25, 0.3) is 0 Å². The minimum absolute atomic E-state index is 0.290. The summed E-state index contributed by atoms with van der Waals surface area (Å²) in [4.78, 5) is 1.87. The van der Waals surface area contributed by atoms with Crippen LogP contribution in [0.1, 0.15) is 17.2 Å². The molecule has 0 aliphatic heterocycles. The fourth-order valence-corrected chi connectivity index (χ4v) is 1.89. The quantitative estimate of drug-likeness (QED) is 0.873. The molecule has 0 saturated carbocycles. The van der Waals surface area contributed by atoms with Gasteiger partial charge in [0.2, 0.25) is 0 Å². The van der Waals surface area contributed by atoms with E-state index in [1.54, 1.807) is 24.3 Å². The van der Waals surface area contributed by atoms with Gasteiger partial charge in [0.1, 0.15) is 6.10 Å². The van der Waals surface area contributed by atoms with E-state index >= 15 is 0 Å². The molecule has 0 spiro atoms. The Labute approximate surface area is 115 Å². The molecule has 0 saturated heterocycles. The van der Waals surface area contributed by atoms with Gasteiger partial charge in [0, 0.05) is 25.3 Å². The predicted molar refractivity (Wildman–Crippen MR) is 71.1 cm³/mol. The maximum absolute atomic E-state index is 13.6. The number of aliphatic hydroxyl groups excluding tert-OH is 1. The van der Waals surface area contributed by atoms with Gasteiger partial charge >= 0.3 is 0 Å². The molecule has 0 aromatic heterocycles. The standard InChI is InChI=1S/C15H14F3NO/c1-19(2)10-5-3-9(4-6-10)15(20)11-7-8-12(16)14(18)13(11)17/h3-8,15,20H,1-2H3. The lowest BCUT2D eigenvalue weighted by molar-refractivity contribution is 0.212. The molecule has 2 aromatic rings. The molecular weight excluding hydrogens is 267 g/mol. The van der Waals surface area contributed by atoms with Crippen molar-refractivity contribution in [2.45, 2.75) is 6.10 Å². The molecule has 2 nitrogen and oxygen atoms in total. The number of anilines is 1. The number of aliphatic hydroxyl groups is 1. The number of rotatable bonds is 3. The summed E-state index contributed by atoms with van der Waals surface area (Å²) in [5.74, 6) is -4.22. The van der Waals surface area contributed by atoms with Crippen LogP contribution in [0, 0.1) is 17.5 Å². The van der Waals surface area contributed by atoms with Crippen LogP contribution in [0.4, 0.5) is 18.9 Å². The zero-order valence-corrected chi connectivity index (χ0v) is 11.1. The lowest BCUT2D eigenvalue weighted by atomic mass is 10.0. The van der Waals surface area contributed by atoms with Gasteiger partial charge in [-0.25, -0.2) is 13.2 Å². The van der Waals surface area contributed by atoms with Crippen LogP contribution in [0.3, 0.4) is 0 Å². The molecule has 0 radical (unpaired) electrons. The Morgan fingerprint density at radius 1 is 0.900 bits per heavy atom. The number of halogens is 3. The normalized spacial score (nSPS) is 12.3. The molecule has 0 bridgehead atoms. The van der Waals surface area contributed by atoms with Crippen LogP contribution < -0.4 is 4.90 Å². The summed E-state index contributed by atoms with van der Waals surface area (Å²) in [5.41, 5.74) is 1.02. The molecule has 0 fully saturated rings. The Kier molecular flexibility index (Phi) is 3.99. The van der Waals surface area contributed by atoms with E-state index in [-0.39, 0.29) is 5.56 Å². The first-order valence-corrected chi connectivity index (χ1v) is 6.00. The number of benzene rings is 2. The largest absolute Gasteiger partial charge is 0.384 e. The molecule has 2 rings (SSSR count). The summed E-state index contributed by atoms with van der Waals surface area (Å²) in [6.45, 7) is 0. The smallest absolute Gasteiger partial charge is 0.194 e. The first-order chi connectivity index (χ1) is 9.41. The third kappa shape index (κ3) is 2.63. The van der Waals surface area contributed by atoms with Crippen LogP contribution in [0.15, 0.2) is 36.4 Å². The van der Waals surface area contributed by atoms with Gasteiger partial charge in [0.05, 0.1) is 0 Å². The number of nitrogens with zero attached hydrogens (tertiary/aromatic N) is 1. The predicted octanol–water partition coefficient (Wildman–Crippen LogP) is 3.25. The van der Waals surface area contributed by atoms with Crippen LogP contribution in [-0.2, 0) is 0 Å². The zero-order valence-electron chi connectivity index (χ0n) is 11.1. The summed E-state index contributed by atoms with van der Waals surface area (Å²) in [5, 5.41) is 10.1. The molecule has 0 amide bonds. The van der Waals surface area contributed by atoms with E-state index in [0.717, 1.165) is 17.8 Å². The Balaban J connectivity index is 2.36. The molecule has 1 unspecified atom stereocenters. The molecule has 1 N–H and O–H groups in total. The number of hydrogen-bond donors (Lipinski definition) is 1. The fourth-order valence-electron chi connectivity index (χ4n) is 1.89. The van der Waals surface area contributed by atoms with Gasteiger partial charge in [-0.15, -0.1) is 0 Å². The second-order valence-electron chi connectivity index (χ2n) is 4.65. The lowest BCUT2D eigenvalue weighted by Crippen LogP contribution is -2.09. The van der Waals surface area contributed by atoms with Crippen molar-refractivity contribution in [3.63, 3.8) is 0 Å². The van der Waals surface area contributed by atoms with Gasteiger partial charge in [0.15, 0.2) is 17.5 Å². The van der Waals surface area contributed by atoms with Crippen molar-refractivity contribution in [1.29, 1.82) is 0 Å². The fraction of sp³-hybridized carbons (Fsp3) is 0.200. The molecule has 2 aromatic carbocycles. The Hall–Kier alpha value is -2.01. The van der Waals surface area contributed by atoms with Gasteiger partial charge < -0.3 is 10.0 Å². The van der Waals surface area contributed by atoms with Crippen LogP contribution in [-0.4, -0.2) is 19.2 Å². The van der Waals surface area contributed by atoms with E-state index in [2.05, 4.69) is 0 Å². The first kappa shape index (κ1) is 14.4. The molecule has 0 heterocycles. The molecular formula is C15H14F3NO. The Morgan fingerprint density at radius 3 is 2.05 bits per heavy atom. The van der Waals surface area contributed by atoms with Crippen LogP contribution in [0.2, 0.25) is 0 Å². The van der Waals surface area contributed by atoms with E-state index in [9.17, 15) is 18.3 Å². The minimum Gasteiger partial charge on any atom is -0.384 e. The summed E-state index contributed by atoms with van der Waals surface area (Å²) in [6, 6.07) is 8.55. The van der Waals surface area contributed by atoms with Gasteiger partial charge in [-0.05, 0) is 23.8 Å². The summed E-state index contributed by atoms with van der Waals surface area (Å²) in [6.07, 6.45) is -1.35. The molecule has 0 aliphatic rings. The third-order valence-electron chi connectivity index (χ3n) is 3.08. The highest BCUT2D eigenvalue weighted by molar-refractivity contribution is 5.47. The van der Waals surface area contributed by atoms with Gasteiger partial charge in [0.25, 0.3) is 0 Å². The van der Waals surface area contributed by atoms with E-state index in [4.69, 9.17) is 0 Å². The molecule has 5 heteroatoms. The van der Waals surface area contributed by atoms with Crippen LogP contribution >= 0.6 is 0 Å². The summed E-state index contributed by atoms with van der Waals surface area (Å²) >= 11 is 0. The van der Waals surface area contributed by atoms with E-state index in [1.807, 2.05) is 19.0 Å². The van der Waals surface area contributed by atoms with E-state index < -0.39 is 23.6 Å². The van der Waals surface area contributed by atoms with Crippen molar-refractivity contribution < 1.29 is 18.3 Å². The zero-order chi connectivity index (χ0) is 14.9. The Morgan fingerprint density at radius 2 is 1.50 bits per heavy atom. The van der Waals surface area contributed by atoms with E-state index in [0.29, 0.717) is 5.56 Å². The van der Waals surface area contributed by atoms with Crippen molar-refractivity contribution in [3.05, 3.63) is 65.0 Å². The van der Waals surface area contributed by atoms with Crippen molar-refractivity contribution in [2.24, 2.45) is 0 Å². The minimum atomic E-state index is -1.58. The van der Waals surface area contributed by atoms with Crippen LogP contribution in [0.5, 0.6) is 0 Å². The third-order valence-corrected chi connectivity index (χ3v) is 3.08. The molecule has 1 atom stereocenters. The van der Waals surface area contributed by atoms with Crippen molar-refractivity contribution in [3.8, 4) is 0 Å². The Bertz CT molecular complexity index is 611. The van der Waals surface area contributed by atoms with Crippen molar-refractivity contribution >= 4 is 5.69 Å². The second kappa shape index (κ2) is 5.54. The summed E-state index contributed by atoms with van der Waals surface area (Å²) in [7, 11) is 3.72. The molecule has 0 aliphatic carbocycles. The van der Waals surface area contributed by atoms with Crippen molar-refractivity contribution in [1.82, 2.24) is 0 Å². The maximum atomic E-state index is 13.6. The highest BCUT2D eigenvalue weighted by atomic mass is 19.2. The van der Waals surface area contributed by atoms with E-state index in [1.165, 1.54) is 0 Å². The summed E-state index contributed by atoms with van der Waals surface area (Å²) < 4.78 is 39.7. The lowest BCUT2D eigenvalue weighted by Gasteiger charge is -2.16. The SMILES string of the molecule is CN(C)c1ccc(C(O)c2ccc(F)c(F)c2F)cc1. The maximum Gasteiger partial charge on any atom is 0.194 e. The number of hydrogen-bond acceptors (Lipinski definition) is 2. The van der Waals surface area contributed by atoms with Gasteiger partial charge in [-0.1, -0.05) is 18.2 Å². The highest BCUT2D eigenvalue weighted by Crippen LogP contribution is 2.27. The topological polar surface area (TPSA) is 23.5 Å². The average molecular weight is 281 g/mol.